The first kappa shape index (κ1) is 22.3. The summed E-state index contributed by atoms with van der Waals surface area (Å²) >= 11 is 11.9. The summed E-state index contributed by atoms with van der Waals surface area (Å²) in [6.45, 7) is 0. The van der Waals surface area contributed by atoms with Gasteiger partial charge in [0.2, 0.25) is 0 Å². The molecule has 0 radical (unpaired) electrons. The van der Waals surface area contributed by atoms with Gasteiger partial charge in [-0.25, -0.2) is 4.68 Å². The van der Waals surface area contributed by atoms with Crippen LogP contribution in [-0.4, -0.2) is 29.0 Å². The largest absolute Gasteiger partial charge is 0.495 e. The van der Waals surface area contributed by atoms with Gasteiger partial charge in [-0.15, -0.1) is 0 Å². The van der Waals surface area contributed by atoms with Crippen molar-refractivity contribution >= 4 is 40.6 Å². The van der Waals surface area contributed by atoms with Crippen molar-refractivity contribution in [1.82, 2.24) is 9.78 Å². The van der Waals surface area contributed by atoms with E-state index in [0.29, 0.717) is 22.0 Å². The number of nitrogens with zero attached hydrogens (tertiary/aromatic N) is 2. The Hall–Kier alpha value is -2.91. The number of halogens is 5. The fourth-order valence-electron chi connectivity index (χ4n) is 3.54. The SMILES string of the molecule is COc1ccc(NC(=O)c2cc3n(n2)[C@H](C(F)(F)F)C[C@H](c2ccc(Cl)cc2)N3)cc1Cl. The molecule has 2 aromatic carbocycles. The van der Waals surface area contributed by atoms with Gasteiger partial charge in [-0.05, 0) is 35.9 Å². The molecule has 1 aliphatic rings. The highest BCUT2D eigenvalue weighted by Gasteiger charge is 2.46. The Morgan fingerprint density at radius 3 is 2.53 bits per heavy atom. The van der Waals surface area contributed by atoms with Crippen LogP contribution in [0.1, 0.15) is 34.6 Å². The molecule has 6 nitrogen and oxygen atoms in total. The topological polar surface area (TPSA) is 68.2 Å². The zero-order valence-corrected chi connectivity index (χ0v) is 18.1. The highest BCUT2D eigenvalue weighted by Crippen LogP contribution is 2.43. The second-order valence-corrected chi connectivity index (χ2v) is 8.05. The number of fused-ring (bicyclic) bond motifs is 1. The van der Waals surface area contributed by atoms with Crippen LogP contribution in [0.2, 0.25) is 10.0 Å². The van der Waals surface area contributed by atoms with Gasteiger partial charge in [-0.1, -0.05) is 35.3 Å². The number of hydrogen-bond donors (Lipinski definition) is 2. The number of carbonyl (C=O) groups excluding carboxylic acids is 1. The molecule has 0 saturated carbocycles. The molecule has 4 rings (SSSR count). The van der Waals surface area contributed by atoms with E-state index in [0.717, 1.165) is 4.68 Å². The van der Waals surface area contributed by atoms with Gasteiger partial charge in [0.1, 0.15) is 11.6 Å². The molecule has 168 valence electrons. The number of aromatic nitrogens is 2. The van der Waals surface area contributed by atoms with Gasteiger partial charge in [-0.3, -0.25) is 4.79 Å². The van der Waals surface area contributed by atoms with E-state index in [9.17, 15) is 18.0 Å². The van der Waals surface area contributed by atoms with E-state index in [-0.39, 0.29) is 23.0 Å². The van der Waals surface area contributed by atoms with Crippen molar-refractivity contribution in [1.29, 1.82) is 0 Å². The number of alkyl halides is 3. The van der Waals surface area contributed by atoms with Crippen LogP contribution in [0.15, 0.2) is 48.5 Å². The molecule has 0 spiro atoms. The Balaban J connectivity index is 1.62. The average Bonchev–Trinajstić information content (AvgIpc) is 3.17. The maximum absolute atomic E-state index is 13.8. The standard InChI is InChI=1S/C21H17Cl2F3N4O2/c1-32-17-7-6-13(8-14(17)23)27-20(31)16-10-19-28-15(11-2-4-12(22)5-3-11)9-18(21(24,25)26)30(19)29-16/h2-8,10,15,18,28H,9H2,1H3,(H,27,31)/t15-,18+/m1/s1. The number of rotatable bonds is 4. The van der Waals surface area contributed by atoms with Crippen LogP contribution in [0.5, 0.6) is 5.75 Å². The Morgan fingerprint density at radius 1 is 1.19 bits per heavy atom. The van der Waals surface area contributed by atoms with Crippen LogP contribution >= 0.6 is 23.2 Å². The number of anilines is 2. The summed E-state index contributed by atoms with van der Waals surface area (Å²) in [6.07, 6.45) is -4.83. The minimum absolute atomic E-state index is 0.0939. The first-order chi connectivity index (χ1) is 15.2. The van der Waals surface area contributed by atoms with Crippen molar-refractivity contribution < 1.29 is 22.7 Å². The zero-order valence-electron chi connectivity index (χ0n) is 16.6. The van der Waals surface area contributed by atoms with E-state index in [1.165, 1.54) is 19.2 Å². The van der Waals surface area contributed by atoms with Gasteiger partial charge >= 0.3 is 6.18 Å². The molecule has 2 N–H and O–H groups in total. The van der Waals surface area contributed by atoms with Crippen molar-refractivity contribution in [2.24, 2.45) is 0 Å². The van der Waals surface area contributed by atoms with Crippen LogP contribution in [-0.2, 0) is 0 Å². The van der Waals surface area contributed by atoms with Gasteiger partial charge in [0, 0.05) is 23.2 Å². The average molecular weight is 485 g/mol. The first-order valence-electron chi connectivity index (χ1n) is 9.49. The lowest BCUT2D eigenvalue weighted by Gasteiger charge is -2.33. The van der Waals surface area contributed by atoms with Crippen molar-refractivity contribution in [2.75, 3.05) is 17.7 Å². The van der Waals surface area contributed by atoms with Gasteiger partial charge in [-0.2, -0.15) is 18.3 Å². The number of hydrogen-bond acceptors (Lipinski definition) is 4. The quantitative estimate of drug-likeness (QED) is 0.468. The second kappa shape index (κ2) is 8.55. The second-order valence-electron chi connectivity index (χ2n) is 7.20. The van der Waals surface area contributed by atoms with E-state index in [1.54, 1.807) is 36.4 Å². The maximum Gasteiger partial charge on any atom is 0.410 e. The lowest BCUT2D eigenvalue weighted by Crippen LogP contribution is -2.35. The van der Waals surface area contributed by atoms with Crippen LogP contribution < -0.4 is 15.4 Å². The molecule has 2 atom stereocenters. The Kier molecular flexibility index (Phi) is 5.96. The third-order valence-corrected chi connectivity index (χ3v) is 5.65. The summed E-state index contributed by atoms with van der Waals surface area (Å²) in [5, 5.41) is 10.3. The summed E-state index contributed by atoms with van der Waals surface area (Å²) in [6, 6.07) is 9.94. The van der Waals surface area contributed by atoms with Gasteiger partial charge in [0.15, 0.2) is 11.7 Å². The van der Waals surface area contributed by atoms with E-state index >= 15 is 0 Å². The van der Waals surface area contributed by atoms with Gasteiger partial charge < -0.3 is 15.4 Å². The number of methoxy groups -OCH3 is 1. The van der Waals surface area contributed by atoms with Crippen molar-refractivity contribution in [3.63, 3.8) is 0 Å². The van der Waals surface area contributed by atoms with E-state index in [2.05, 4.69) is 15.7 Å². The third kappa shape index (κ3) is 4.49. The van der Waals surface area contributed by atoms with Crippen molar-refractivity contribution in [2.45, 2.75) is 24.7 Å². The monoisotopic (exact) mass is 484 g/mol. The van der Waals surface area contributed by atoms with Crippen LogP contribution in [0, 0.1) is 0 Å². The molecule has 0 unspecified atom stereocenters. The molecule has 11 heteroatoms. The summed E-state index contributed by atoms with van der Waals surface area (Å²) in [5.74, 6) is -0.150. The smallest absolute Gasteiger partial charge is 0.410 e. The molecule has 0 aliphatic carbocycles. The fourth-order valence-corrected chi connectivity index (χ4v) is 3.92. The fraction of sp³-hybridized carbons (Fsp3) is 0.238. The number of carbonyl (C=O) groups is 1. The molecule has 3 aromatic rings. The summed E-state index contributed by atoms with van der Waals surface area (Å²) in [5.41, 5.74) is 0.839. The van der Waals surface area contributed by atoms with Crippen molar-refractivity contribution in [3.05, 3.63) is 69.8 Å². The number of nitrogens with one attached hydrogen (secondary N) is 2. The normalized spacial score (nSPS) is 17.9. The van der Waals surface area contributed by atoms with E-state index in [1.807, 2.05) is 0 Å². The summed E-state index contributed by atoms with van der Waals surface area (Å²) in [4.78, 5) is 12.7. The summed E-state index contributed by atoms with van der Waals surface area (Å²) in [7, 11) is 1.45. The molecule has 1 aliphatic heterocycles. The Morgan fingerprint density at radius 2 is 1.91 bits per heavy atom. The molecule has 0 bridgehead atoms. The number of ether oxygens (including phenoxy) is 1. The Labute approximate surface area is 191 Å². The predicted molar refractivity (Wildman–Crippen MR) is 116 cm³/mol. The van der Waals surface area contributed by atoms with Crippen LogP contribution in [0.4, 0.5) is 24.7 Å². The minimum atomic E-state index is -4.55. The molecule has 0 fully saturated rings. The number of amides is 1. The molecular weight excluding hydrogens is 468 g/mol. The third-order valence-electron chi connectivity index (χ3n) is 5.10. The molecule has 32 heavy (non-hydrogen) atoms. The van der Waals surface area contributed by atoms with E-state index < -0.39 is 24.2 Å². The Bertz CT molecular complexity index is 1150. The lowest BCUT2D eigenvalue weighted by molar-refractivity contribution is -0.173. The molecule has 1 aromatic heterocycles. The molecule has 2 heterocycles. The maximum atomic E-state index is 13.8. The lowest BCUT2D eigenvalue weighted by atomic mass is 9.97. The van der Waals surface area contributed by atoms with Crippen LogP contribution in [0.25, 0.3) is 0 Å². The van der Waals surface area contributed by atoms with Gasteiger partial charge in [0.05, 0.1) is 18.2 Å². The predicted octanol–water partition coefficient (Wildman–Crippen LogP) is 6.11. The highest BCUT2D eigenvalue weighted by atomic mass is 35.5. The molecular formula is C21H17Cl2F3N4O2. The first-order valence-corrected chi connectivity index (χ1v) is 10.2. The van der Waals surface area contributed by atoms with E-state index in [4.69, 9.17) is 27.9 Å². The van der Waals surface area contributed by atoms with Gasteiger partial charge in [0.25, 0.3) is 5.91 Å². The summed E-state index contributed by atoms with van der Waals surface area (Å²) < 4.78 is 47.3. The molecule has 0 saturated heterocycles. The highest BCUT2D eigenvalue weighted by molar-refractivity contribution is 6.32. The zero-order chi connectivity index (χ0) is 23.0. The minimum Gasteiger partial charge on any atom is -0.495 e. The van der Waals surface area contributed by atoms with Crippen molar-refractivity contribution in [3.8, 4) is 5.75 Å². The number of benzene rings is 2. The molecule has 1 amide bonds. The van der Waals surface area contributed by atoms with Crippen LogP contribution in [0.3, 0.4) is 0 Å².